The van der Waals surface area contributed by atoms with Crippen molar-refractivity contribution in [1.82, 2.24) is 0 Å². The van der Waals surface area contributed by atoms with E-state index in [-0.39, 0.29) is 5.91 Å². The van der Waals surface area contributed by atoms with Crippen molar-refractivity contribution in [2.24, 2.45) is 0 Å². The van der Waals surface area contributed by atoms with Gasteiger partial charge in [0.05, 0.1) is 10.7 Å². The molecule has 2 aromatic carbocycles. The molecule has 0 fully saturated rings. The lowest BCUT2D eigenvalue weighted by atomic mass is 10.1. The van der Waals surface area contributed by atoms with Gasteiger partial charge in [-0.15, -0.1) is 11.6 Å². The van der Waals surface area contributed by atoms with Crippen LogP contribution in [0.5, 0.6) is 0 Å². The van der Waals surface area contributed by atoms with Gasteiger partial charge in [-0.3, -0.25) is 4.79 Å². The number of nitrogens with one attached hydrogen (secondary N) is 1. The van der Waals surface area contributed by atoms with Crippen molar-refractivity contribution in [3.8, 4) is 0 Å². The topological polar surface area (TPSA) is 32.3 Å². The molecule has 5 heteroatoms. The molecule has 2 aromatic rings. The number of rotatable bonds is 4. The molecule has 0 bridgehead atoms. The molecular formula is C16H16Cl2N2O. The van der Waals surface area contributed by atoms with Gasteiger partial charge in [-0.1, -0.05) is 41.9 Å². The lowest BCUT2D eigenvalue weighted by Crippen LogP contribution is -2.17. The van der Waals surface area contributed by atoms with E-state index in [2.05, 4.69) is 5.32 Å². The van der Waals surface area contributed by atoms with Gasteiger partial charge in [0.25, 0.3) is 0 Å². The molecule has 0 aromatic heterocycles. The standard InChI is InChI=1S/C16H16Cl2N2O/c1-20(2)14-9-8-12(10-13(14)17)19-16(21)15(18)11-6-4-3-5-7-11/h3-10,15H,1-2H3,(H,19,21). The minimum atomic E-state index is -0.737. The summed E-state index contributed by atoms with van der Waals surface area (Å²) >= 11 is 12.4. The Labute approximate surface area is 134 Å². The summed E-state index contributed by atoms with van der Waals surface area (Å²) in [6, 6.07) is 14.6. The van der Waals surface area contributed by atoms with E-state index >= 15 is 0 Å². The molecule has 0 aliphatic carbocycles. The Hall–Kier alpha value is -1.71. The molecule has 1 atom stereocenters. The Morgan fingerprint density at radius 1 is 1.14 bits per heavy atom. The predicted molar refractivity (Wildman–Crippen MR) is 89.4 cm³/mol. The maximum absolute atomic E-state index is 12.1. The van der Waals surface area contributed by atoms with E-state index in [1.807, 2.05) is 55.4 Å². The summed E-state index contributed by atoms with van der Waals surface area (Å²) in [5.74, 6) is -0.281. The average molecular weight is 323 g/mol. The SMILES string of the molecule is CN(C)c1ccc(NC(=O)C(Cl)c2ccccc2)cc1Cl. The van der Waals surface area contributed by atoms with E-state index < -0.39 is 5.38 Å². The van der Waals surface area contributed by atoms with Crippen LogP contribution in [0.4, 0.5) is 11.4 Å². The zero-order valence-electron chi connectivity index (χ0n) is 11.8. The zero-order valence-corrected chi connectivity index (χ0v) is 13.3. The van der Waals surface area contributed by atoms with Crippen molar-refractivity contribution in [2.45, 2.75) is 5.38 Å². The van der Waals surface area contributed by atoms with E-state index in [0.29, 0.717) is 10.7 Å². The number of hydrogen-bond acceptors (Lipinski definition) is 2. The van der Waals surface area contributed by atoms with E-state index in [4.69, 9.17) is 23.2 Å². The van der Waals surface area contributed by atoms with Crippen LogP contribution in [0, 0.1) is 0 Å². The average Bonchev–Trinajstić information content (AvgIpc) is 2.47. The highest BCUT2D eigenvalue weighted by molar-refractivity contribution is 6.34. The Morgan fingerprint density at radius 3 is 2.38 bits per heavy atom. The van der Waals surface area contributed by atoms with Gasteiger partial charge in [0, 0.05) is 19.8 Å². The quantitative estimate of drug-likeness (QED) is 0.850. The summed E-state index contributed by atoms with van der Waals surface area (Å²) in [6.45, 7) is 0. The number of amides is 1. The fraction of sp³-hybridized carbons (Fsp3) is 0.188. The number of halogens is 2. The lowest BCUT2D eigenvalue weighted by molar-refractivity contribution is -0.116. The Morgan fingerprint density at radius 2 is 1.81 bits per heavy atom. The number of benzene rings is 2. The first-order valence-corrected chi connectivity index (χ1v) is 7.27. The minimum Gasteiger partial charge on any atom is -0.376 e. The molecule has 2 rings (SSSR count). The van der Waals surface area contributed by atoms with E-state index in [1.165, 1.54) is 0 Å². The van der Waals surface area contributed by atoms with Crippen molar-refractivity contribution >= 4 is 40.5 Å². The van der Waals surface area contributed by atoms with Gasteiger partial charge >= 0.3 is 0 Å². The highest BCUT2D eigenvalue weighted by Gasteiger charge is 2.17. The zero-order chi connectivity index (χ0) is 15.4. The largest absolute Gasteiger partial charge is 0.376 e. The first-order valence-electron chi connectivity index (χ1n) is 6.46. The Kier molecular flexibility index (Phi) is 5.10. The fourth-order valence-electron chi connectivity index (χ4n) is 1.93. The Balaban J connectivity index is 2.11. The molecule has 0 spiro atoms. The van der Waals surface area contributed by atoms with Crippen LogP contribution < -0.4 is 10.2 Å². The second-order valence-corrected chi connectivity index (χ2v) is 5.67. The van der Waals surface area contributed by atoms with Crippen LogP contribution >= 0.6 is 23.2 Å². The number of alkyl halides is 1. The summed E-state index contributed by atoms with van der Waals surface area (Å²) in [5, 5.41) is 2.61. The van der Waals surface area contributed by atoms with Gasteiger partial charge in [0.1, 0.15) is 5.38 Å². The molecule has 110 valence electrons. The number of carbonyl (C=O) groups excluding carboxylic acids is 1. The first kappa shape index (κ1) is 15.7. The Bertz CT molecular complexity index is 629. The van der Waals surface area contributed by atoms with E-state index in [0.717, 1.165) is 11.3 Å². The maximum atomic E-state index is 12.1. The smallest absolute Gasteiger partial charge is 0.246 e. The van der Waals surface area contributed by atoms with Gasteiger partial charge in [0.2, 0.25) is 5.91 Å². The summed E-state index contributed by atoms with van der Waals surface area (Å²) in [6.07, 6.45) is 0. The summed E-state index contributed by atoms with van der Waals surface area (Å²) in [7, 11) is 3.81. The third-order valence-electron chi connectivity index (χ3n) is 3.02. The van der Waals surface area contributed by atoms with Crippen molar-refractivity contribution in [3.63, 3.8) is 0 Å². The maximum Gasteiger partial charge on any atom is 0.246 e. The van der Waals surface area contributed by atoms with Gasteiger partial charge in [0.15, 0.2) is 0 Å². The molecule has 0 aliphatic heterocycles. The van der Waals surface area contributed by atoms with Crippen LogP contribution in [-0.4, -0.2) is 20.0 Å². The highest BCUT2D eigenvalue weighted by atomic mass is 35.5. The van der Waals surface area contributed by atoms with Crippen molar-refractivity contribution < 1.29 is 4.79 Å². The van der Waals surface area contributed by atoms with E-state index in [1.54, 1.807) is 12.1 Å². The third kappa shape index (κ3) is 3.90. The van der Waals surface area contributed by atoms with E-state index in [9.17, 15) is 4.79 Å². The van der Waals surface area contributed by atoms with Gasteiger partial charge in [-0.05, 0) is 23.8 Å². The van der Waals surface area contributed by atoms with Gasteiger partial charge in [-0.2, -0.15) is 0 Å². The molecule has 0 saturated heterocycles. The van der Waals surface area contributed by atoms with Crippen LogP contribution in [-0.2, 0) is 4.79 Å². The monoisotopic (exact) mass is 322 g/mol. The lowest BCUT2D eigenvalue weighted by Gasteiger charge is -2.16. The number of anilines is 2. The predicted octanol–water partition coefficient (Wildman–Crippen LogP) is 4.32. The molecule has 0 heterocycles. The first-order chi connectivity index (χ1) is 9.99. The molecule has 0 aliphatic rings. The van der Waals surface area contributed by atoms with Crippen LogP contribution in [0.25, 0.3) is 0 Å². The molecule has 1 N–H and O–H groups in total. The van der Waals surface area contributed by atoms with Gasteiger partial charge in [-0.25, -0.2) is 0 Å². The van der Waals surface area contributed by atoms with Crippen LogP contribution in [0.1, 0.15) is 10.9 Å². The summed E-state index contributed by atoms with van der Waals surface area (Å²) < 4.78 is 0. The van der Waals surface area contributed by atoms with Crippen LogP contribution in [0.15, 0.2) is 48.5 Å². The van der Waals surface area contributed by atoms with Crippen molar-refractivity contribution in [3.05, 3.63) is 59.1 Å². The normalized spacial score (nSPS) is 11.8. The number of nitrogens with zero attached hydrogens (tertiary/aromatic N) is 1. The highest BCUT2D eigenvalue weighted by Crippen LogP contribution is 2.28. The molecule has 1 amide bonds. The van der Waals surface area contributed by atoms with Crippen molar-refractivity contribution in [2.75, 3.05) is 24.3 Å². The number of hydrogen-bond donors (Lipinski definition) is 1. The molecular weight excluding hydrogens is 307 g/mol. The summed E-state index contributed by atoms with van der Waals surface area (Å²) in [5.41, 5.74) is 2.27. The second-order valence-electron chi connectivity index (χ2n) is 4.82. The number of carbonyl (C=O) groups is 1. The molecule has 21 heavy (non-hydrogen) atoms. The molecule has 1 unspecified atom stereocenters. The van der Waals surface area contributed by atoms with Crippen molar-refractivity contribution in [1.29, 1.82) is 0 Å². The molecule has 0 saturated carbocycles. The van der Waals surface area contributed by atoms with Crippen LogP contribution in [0.3, 0.4) is 0 Å². The fourth-order valence-corrected chi connectivity index (χ4v) is 2.48. The van der Waals surface area contributed by atoms with Crippen LogP contribution in [0.2, 0.25) is 5.02 Å². The molecule has 3 nitrogen and oxygen atoms in total. The second kappa shape index (κ2) is 6.83. The summed E-state index contributed by atoms with van der Waals surface area (Å²) in [4.78, 5) is 14.1. The van der Waals surface area contributed by atoms with Gasteiger partial charge < -0.3 is 10.2 Å². The third-order valence-corrected chi connectivity index (χ3v) is 3.77. The molecule has 0 radical (unpaired) electrons. The minimum absolute atomic E-state index is 0.281.